The largest absolute Gasteiger partial charge is 0.0496 e. The van der Waals surface area contributed by atoms with E-state index in [-0.39, 0.29) is 0 Å². The first-order valence-electron chi connectivity index (χ1n) is 5.97. The average Bonchev–Trinajstić information content (AvgIpc) is 1.99. The Morgan fingerprint density at radius 1 is 0.417 bits per heavy atom. The molecular weight excluding hydrogens is 144 g/mol. The van der Waals surface area contributed by atoms with Crippen LogP contribution < -0.4 is 0 Å². The van der Waals surface area contributed by atoms with Crippen LogP contribution in [0.2, 0.25) is 0 Å². The highest BCUT2D eigenvalue weighted by molar-refractivity contribution is 5.25. The molecule has 0 spiro atoms. The molecule has 8 atom stereocenters. The monoisotopic (exact) mass is 160 g/mol. The fraction of sp³-hybridized carbons (Fsp3) is 1.00. The van der Waals surface area contributed by atoms with Gasteiger partial charge in [0.05, 0.1) is 0 Å². The van der Waals surface area contributed by atoms with Crippen molar-refractivity contribution in [1.82, 2.24) is 0 Å². The van der Waals surface area contributed by atoms with Gasteiger partial charge in [0.15, 0.2) is 0 Å². The molecule has 0 aliphatic heterocycles. The lowest BCUT2D eigenvalue weighted by molar-refractivity contribution is -0.360. The van der Waals surface area contributed by atoms with Gasteiger partial charge >= 0.3 is 0 Å². The smallest absolute Gasteiger partial charge is 0.0315 e. The van der Waals surface area contributed by atoms with E-state index in [0.29, 0.717) is 0 Å². The molecule has 12 heavy (non-hydrogen) atoms. The minimum atomic E-state index is 1.26. The first-order valence-corrected chi connectivity index (χ1v) is 5.97. The number of hydrogen-bond acceptors (Lipinski definition) is 0. The van der Waals surface area contributed by atoms with Crippen LogP contribution in [-0.2, 0) is 0 Å². The Kier molecular flexibility index (Phi) is 0.663. The predicted molar refractivity (Wildman–Crippen MR) is 46.4 cm³/mol. The molecule has 0 saturated heterocycles. The molecule has 0 heterocycles. The SMILES string of the molecule is C1CC2C1C1C2C2C1C1CC[C@H]12. The molecule has 0 N–H and O–H groups in total. The van der Waals surface area contributed by atoms with Crippen LogP contribution in [-0.4, -0.2) is 0 Å². The van der Waals surface area contributed by atoms with Crippen LogP contribution in [0.3, 0.4) is 0 Å². The maximum absolute atomic E-state index is 1.62. The summed E-state index contributed by atoms with van der Waals surface area (Å²) in [6.07, 6.45) is 6.47. The summed E-state index contributed by atoms with van der Waals surface area (Å²) in [5.41, 5.74) is 0. The normalized spacial score (nSPS) is 80.0. The fourth-order valence-corrected chi connectivity index (χ4v) is 5.89. The van der Waals surface area contributed by atoms with Crippen molar-refractivity contribution < 1.29 is 0 Å². The van der Waals surface area contributed by atoms with E-state index >= 15 is 0 Å². The van der Waals surface area contributed by atoms with Gasteiger partial charge in [-0.25, -0.2) is 0 Å². The number of rotatable bonds is 0. The van der Waals surface area contributed by atoms with E-state index in [1.807, 2.05) is 0 Å². The van der Waals surface area contributed by atoms with Crippen molar-refractivity contribution in [1.29, 1.82) is 0 Å². The highest BCUT2D eigenvalue weighted by Crippen LogP contribution is 2.83. The van der Waals surface area contributed by atoms with Crippen LogP contribution >= 0.6 is 0 Å². The van der Waals surface area contributed by atoms with E-state index in [1.54, 1.807) is 25.7 Å². The van der Waals surface area contributed by atoms with Gasteiger partial charge in [-0.15, -0.1) is 0 Å². The standard InChI is InChI=1S/C12H16/c1-2-6-5(1)9-10(6)12-8-4-3-7(8)11(9)12/h5-12H,1-4H2/t5-,6?,7?,8?,9?,10?,11?,12?/m1/s1. The van der Waals surface area contributed by atoms with Crippen LogP contribution in [0.1, 0.15) is 25.7 Å². The summed E-state index contributed by atoms with van der Waals surface area (Å²) in [7, 11) is 0. The zero-order chi connectivity index (χ0) is 7.45. The number of fused-ring (bicyclic) bond motifs is 10. The summed E-state index contributed by atoms with van der Waals surface area (Å²) in [6, 6.07) is 0. The first-order chi connectivity index (χ1) is 5.97. The summed E-state index contributed by atoms with van der Waals surface area (Å²) in [6.45, 7) is 0. The van der Waals surface area contributed by atoms with E-state index < -0.39 is 0 Å². The van der Waals surface area contributed by atoms with Gasteiger partial charge in [-0.3, -0.25) is 0 Å². The van der Waals surface area contributed by atoms with Crippen molar-refractivity contribution in [3.05, 3.63) is 0 Å². The summed E-state index contributed by atoms with van der Waals surface area (Å²) >= 11 is 0. The second kappa shape index (κ2) is 1.40. The van der Waals surface area contributed by atoms with Crippen LogP contribution in [0.15, 0.2) is 0 Å². The lowest BCUT2D eigenvalue weighted by atomic mass is 9.21. The third-order valence-electron chi connectivity index (χ3n) is 6.52. The van der Waals surface area contributed by atoms with Gasteiger partial charge in [0.25, 0.3) is 0 Å². The minimum Gasteiger partial charge on any atom is -0.0496 e. The van der Waals surface area contributed by atoms with E-state index in [2.05, 4.69) is 0 Å². The molecule has 0 aromatic heterocycles. The topological polar surface area (TPSA) is 0 Å². The Balaban J connectivity index is 1.53. The molecule has 5 fully saturated rings. The fourth-order valence-electron chi connectivity index (χ4n) is 5.89. The number of hydrogen-bond donors (Lipinski definition) is 0. The van der Waals surface area contributed by atoms with Gasteiger partial charge in [-0.1, -0.05) is 0 Å². The van der Waals surface area contributed by atoms with Crippen LogP contribution in [0, 0.1) is 47.3 Å². The van der Waals surface area contributed by atoms with Crippen molar-refractivity contribution >= 4 is 0 Å². The van der Waals surface area contributed by atoms with Gasteiger partial charge < -0.3 is 0 Å². The Bertz CT molecular complexity index is 205. The van der Waals surface area contributed by atoms with Crippen molar-refractivity contribution in [3.63, 3.8) is 0 Å². The second-order valence-electron chi connectivity index (χ2n) is 6.12. The van der Waals surface area contributed by atoms with Crippen LogP contribution in [0.4, 0.5) is 0 Å². The van der Waals surface area contributed by atoms with E-state index in [9.17, 15) is 0 Å². The maximum atomic E-state index is 1.62. The summed E-state index contributed by atoms with van der Waals surface area (Å²) in [4.78, 5) is 0. The summed E-state index contributed by atoms with van der Waals surface area (Å²) in [5.74, 6) is 10.2. The first kappa shape index (κ1) is 5.67. The van der Waals surface area contributed by atoms with Gasteiger partial charge in [0.1, 0.15) is 0 Å². The predicted octanol–water partition coefficient (Wildman–Crippen LogP) is 2.54. The lowest BCUT2D eigenvalue weighted by Gasteiger charge is -2.83. The Morgan fingerprint density at radius 2 is 0.667 bits per heavy atom. The van der Waals surface area contributed by atoms with Crippen molar-refractivity contribution in [2.75, 3.05) is 0 Å². The highest BCUT2D eigenvalue weighted by atomic mass is 14.8. The molecule has 5 saturated carbocycles. The zero-order valence-electron chi connectivity index (χ0n) is 7.45. The second-order valence-corrected chi connectivity index (χ2v) is 6.12. The molecule has 0 aromatic carbocycles. The van der Waals surface area contributed by atoms with Gasteiger partial charge in [-0.05, 0) is 73.0 Å². The van der Waals surface area contributed by atoms with Crippen molar-refractivity contribution in [2.45, 2.75) is 25.7 Å². The van der Waals surface area contributed by atoms with Gasteiger partial charge in [0, 0.05) is 0 Å². The van der Waals surface area contributed by atoms with E-state index in [4.69, 9.17) is 0 Å². The molecule has 0 aromatic rings. The highest BCUT2D eigenvalue weighted by Gasteiger charge is 2.77. The Hall–Kier alpha value is 0. The van der Waals surface area contributed by atoms with Gasteiger partial charge in [0.2, 0.25) is 0 Å². The molecule has 5 aliphatic carbocycles. The van der Waals surface area contributed by atoms with E-state index in [0.717, 1.165) is 0 Å². The molecule has 0 nitrogen and oxygen atoms in total. The molecule has 64 valence electrons. The lowest BCUT2D eigenvalue weighted by Crippen LogP contribution is -2.79. The molecule has 5 aliphatic rings. The molecule has 0 amide bonds. The van der Waals surface area contributed by atoms with Gasteiger partial charge in [-0.2, -0.15) is 0 Å². The Labute approximate surface area is 73.7 Å². The van der Waals surface area contributed by atoms with Crippen LogP contribution in [0.25, 0.3) is 0 Å². The maximum Gasteiger partial charge on any atom is -0.0315 e. The quantitative estimate of drug-likeness (QED) is 0.478. The molecular formula is C12H16. The van der Waals surface area contributed by atoms with Crippen molar-refractivity contribution in [2.24, 2.45) is 47.3 Å². The summed E-state index contributed by atoms with van der Waals surface area (Å²) < 4.78 is 0. The molecule has 0 bridgehead atoms. The summed E-state index contributed by atoms with van der Waals surface area (Å²) in [5, 5.41) is 0. The molecule has 0 heteroatoms. The van der Waals surface area contributed by atoms with Crippen LogP contribution in [0.5, 0.6) is 0 Å². The minimum absolute atomic E-state index is 1.26. The molecule has 5 rings (SSSR count). The third kappa shape index (κ3) is 0.324. The zero-order valence-corrected chi connectivity index (χ0v) is 7.45. The van der Waals surface area contributed by atoms with Crippen molar-refractivity contribution in [3.8, 4) is 0 Å². The Morgan fingerprint density at radius 3 is 0.833 bits per heavy atom. The molecule has 0 radical (unpaired) electrons. The molecule has 7 unspecified atom stereocenters. The van der Waals surface area contributed by atoms with E-state index in [1.165, 1.54) is 47.3 Å². The third-order valence-corrected chi connectivity index (χ3v) is 6.52. The average molecular weight is 160 g/mol.